The molecule has 0 aliphatic carbocycles. The van der Waals surface area contributed by atoms with Crippen LogP contribution in [0.25, 0.3) is 10.2 Å². The van der Waals surface area contributed by atoms with Gasteiger partial charge in [-0.2, -0.15) is 0 Å². The van der Waals surface area contributed by atoms with Gasteiger partial charge in [-0.05, 0) is 23.8 Å². The van der Waals surface area contributed by atoms with Crippen LogP contribution in [-0.2, 0) is 21.2 Å². The van der Waals surface area contributed by atoms with Crippen LogP contribution in [0, 0.1) is 11.6 Å². The number of halogens is 2. The number of piperazine rings is 1. The summed E-state index contributed by atoms with van der Waals surface area (Å²) < 4.78 is 52.7. The molecule has 0 atom stereocenters. The van der Waals surface area contributed by atoms with E-state index in [1.807, 2.05) is 4.90 Å². The van der Waals surface area contributed by atoms with Crippen molar-refractivity contribution >= 4 is 48.3 Å². The van der Waals surface area contributed by atoms with Crippen molar-refractivity contribution in [1.29, 1.82) is 0 Å². The van der Waals surface area contributed by atoms with Crippen molar-refractivity contribution < 1.29 is 22.0 Å². The van der Waals surface area contributed by atoms with Crippen LogP contribution in [0.1, 0.15) is 5.56 Å². The maximum absolute atomic E-state index is 13.9. The Kier molecular flexibility index (Phi) is 5.80. The molecule has 0 unspecified atom stereocenters. The molecule has 1 fully saturated rings. The molecule has 0 saturated carbocycles. The molecule has 7 nitrogen and oxygen atoms in total. The van der Waals surface area contributed by atoms with Gasteiger partial charge in [-0.1, -0.05) is 23.5 Å². The predicted octanol–water partition coefficient (Wildman–Crippen LogP) is 2.84. The Hall–Kier alpha value is -2.79. The first-order chi connectivity index (χ1) is 14.7. The van der Waals surface area contributed by atoms with Gasteiger partial charge in [-0.3, -0.25) is 9.52 Å². The first kappa shape index (κ1) is 21.4. The van der Waals surface area contributed by atoms with E-state index in [0.717, 1.165) is 17.9 Å². The number of hydrogen-bond acceptors (Lipinski definition) is 6. The minimum absolute atomic E-state index is 0.0270. The van der Waals surface area contributed by atoms with Crippen LogP contribution in [0.2, 0.25) is 0 Å². The van der Waals surface area contributed by atoms with E-state index >= 15 is 0 Å². The van der Waals surface area contributed by atoms with Gasteiger partial charge >= 0.3 is 0 Å². The van der Waals surface area contributed by atoms with Crippen molar-refractivity contribution in [2.75, 3.05) is 42.1 Å². The van der Waals surface area contributed by atoms with Crippen molar-refractivity contribution in [2.45, 2.75) is 6.42 Å². The molecule has 1 aliphatic heterocycles. The lowest BCUT2D eigenvalue weighted by Gasteiger charge is -2.34. The monoisotopic (exact) mass is 466 g/mol. The average Bonchev–Trinajstić information content (AvgIpc) is 3.13. The highest BCUT2D eigenvalue weighted by atomic mass is 32.2. The van der Waals surface area contributed by atoms with Gasteiger partial charge < -0.3 is 9.80 Å². The Morgan fingerprint density at radius 2 is 1.81 bits per heavy atom. The van der Waals surface area contributed by atoms with Crippen molar-refractivity contribution in [2.24, 2.45) is 0 Å². The number of nitrogens with one attached hydrogen (secondary N) is 1. The van der Waals surface area contributed by atoms with Crippen molar-refractivity contribution in [3.8, 4) is 0 Å². The van der Waals surface area contributed by atoms with Gasteiger partial charge in [0.25, 0.3) is 0 Å². The lowest BCUT2D eigenvalue weighted by molar-refractivity contribution is -0.130. The smallest absolute Gasteiger partial charge is 0.229 e. The minimum Gasteiger partial charge on any atom is -0.345 e. The summed E-state index contributed by atoms with van der Waals surface area (Å²) >= 11 is 1.23. The number of thiazole rings is 1. The predicted molar refractivity (Wildman–Crippen MR) is 117 cm³/mol. The molecular formula is C20H20F2N4O3S2. The van der Waals surface area contributed by atoms with Gasteiger partial charge in [-0.15, -0.1) is 0 Å². The molecule has 1 amide bonds. The number of anilines is 2. The third-order valence-electron chi connectivity index (χ3n) is 4.92. The zero-order valence-electron chi connectivity index (χ0n) is 16.6. The van der Waals surface area contributed by atoms with Crippen LogP contribution < -0.4 is 9.62 Å². The maximum atomic E-state index is 13.9. The number of hydrogen-bond donors (Lipinski definition) is 1. The van der Waals surface area contributed by atoms with Gasteiger partial charge in [0.15, 0.2) is 10.9 Å². The van der Waals surface area contributed by atoms with Gasteiger partial charge in [-0.25, -0.2) is 22.2 Å². The molecule has 1 N–H and O–H groups in total. The molecule has 0 radical (unpaired) electrons. The van der Waals surface area contributed by atoms with Crippen molar-refractivity contribution in [3.05, 3.63) is 53.6 Å². The fourth-order valence-corrected chi connectivity index (χ4v) is 5.04. The Balaban J connectivity index is 1.35. The van der Waals surface area contributed by atoms with Gasteiger partial charge in [0.1, 0.15) is 11.3 Å². The summed E-state index contributed by atoms with van der Waals surface area (Å²) in [5, 5.41) is 0.612. The molecule has 2 aromatic carbocycles. The third kappa shape index (κ3) is 5.10. The molecule has 31 heavy (non-hydrogen) atoms. The van der Waals surface area contributed by atoms with E-state index in [4.69, 9.17) is 0 Å². The van der Waals surface area contributed by atoms with E-state index < -0.39 is 21.7 Å². The molecule has 2 heterocycles. The van der Waals surface area contributed by atoms with Crippen molar-refractivity contribution in [3.63, 3.8) is 0 Å². The minimum atomic E-state index is -3.35. The van der Waals surface area contributed by atoms with Gasteiger partial charge in [0.2, 0.25) is 15.9 Å². The zero-order valence-corrected chi connectivity index (χ0v) is 18.3. The van der Waals surface area contributed by atoms with E-state index in [0.29, 0.717) is 41.7 Å². The number of carbonyl (C=O) groups excluding carboxylic acids is 1. The van der Waals surface area contributed by atoms with Crippen molar-refractivity contribution in [1.82, 2.24) is 9.88 Å². The lowest BCUT2D eigenvalue weighted by atomic mass is 10.1. The number of carbonyl (C=O) groups is 1. The second kappa shape index (κ2) is 8.39. The highest BCUT2D eigenvalue weighted by Crippen LogP contribution is 2.31. The number of sulfonamides is 1. The molecular weight excluding hydrogens is 446 g/mol. The van der Waals surface area contributed by atoms with Crippen LogP contribution >= 0.6 is 11.3 Å². The quantitative estimate of drug-likeness (QED) is 0.625. The molecule has 11 heteroatoms. The largest absolute Gasteiger partial charge is 0.345 e. The second-order valence-corrected chi connectivity index (χ2v) is 10.1. The Morgan fingerprint density at radius 1 is 1.13 bits per heavy atom. The Bertz CT molecular complexity index is 1220. The average molecular weight is 467 g/mol. The molecule has 0 spiro atoms. The van der Waals surface area contributed by atoms with Crippen LogP contribution in [0.15, 0.2) is 36.4 Å². The molecule has 1 aliphatic rings. The number of nitrogens with zero attached hydrogens (tertiary/aromatic N) is 3. The van der Waals surface area contributed by atoms with E-state index in [1.165, 1.54) is 17.4 Å². The van der Waals surface area contributed by atoms with Crippen LogP contribution in [0.4, 0.5) is 19.6 Å². The maximum Gasteiger partial charge on any atom is 0.229 e. The first-order valence-electron chi connectivity index (χ1n) is 9.53. The molecule has 1 aromatic heterocycles. The summed E-state index contributed by atoms with van der Waals surface area (Å²) in [5.41, 5.74) is 1.39. The molecule has 164 valence electrons. The van der Waals surface area contributed by atoms with E-state index in [2.05, 4.69) is 9.71 Å². The second-order valence-electron chi connectivity index (χ2n) is 7.35. The topological polar surface area (TPSA) is 82.6 Å². The SMILES string of the molecule is CS(=O)(=O)Nc1ccc(CC(=O)N2CCN(c3nc4c(F)cc(F)cc4s3)CC2)cc1. The van der Waals surface area contributed by atoms with Gasteiger partial charge in [0.05, 0.1) is 17.4 Å². The number of rotatable bonds is 5. The Labute approximate surface area is 182 Å². The summed E-state index contributed by atoms with van der Waals surface area (Å²) in [5.74, 6) is -1.33. The van der Waals surface area contributed by atoms with Crippen LogP contribution in [-0.4, -0.2) is 56.6 Å². The summed E-state index contributed by atoms with van der Waals surface area (Å²) in [7, 11) is -3.35. The Morgan fingerprint density at radius 3 is 2.45 bits per heavy atom. The molecule has 4 rings (SSSR count). The fraction of sp³-hybridized carbons (Fsp3) is 0.300. The normalized spacial score (nSPS) is 14.8. The molecule has 3 aromatic rings. The highest BCUT2D eigenvalue weighted by molar-refractivity contribution is 7.92. The lowest BCUT2D eigenvalue weighted by Crippen LogP contribution is -2.49. The number of amides is 1. The summed E-state index contributed by atoms with van der Waals surface area (Å²) in [6.45, 7) is 2.10. The van der Waals surface area contributed by atoms with Crippen LogP contribution in [0.5, 0.6) is 0 Å². The molecule has 0 bridgehead atoms. The van der Waals surface area contributed by atoms with Gasteiger partial charge in [0, 0.05) is 37.9 Å². The third-order valence-corrected chi connectivity index (χ3v) is 6.59. The van der Waals surface area contributed by atoms with E-state index in [-0.39, 0.29) is 17.8 Å². The summed E-state index contributed by atoms with van der Waals surface area (Å²) in [6, 6.07) is 8.78. The summed E-state index contributed by atoms with van der Waals surface area (Å²) in [4.78, 5) is 20.7. The summed E-state index contributed by atoms with van der Waals surface area (Å²) in [6.07, 6.45) is 1.29. The number of aromatic nitrogens is 1. The fourth-order valence-electron chi connectivity index (χ4n) is 3.42. The molecule has 1 saturated heterocycles. The zero-order chi connectivity index (χ0) is 22.2. The van der Waals surface area contributed by atoms with Crippen LogP contribution in [0.3, 0.4) is 0 Å². The number of benzene rings is 2. The van der Waals surface area contributed by atoms with E-state index in [1.54, 1.807) is 29.2 Å². The highest BCUT2D eigenvalue weighted by Gasteiger charge is 2.24. The number of fused-ring (bicyclic) bond motifs is 1. The standard InChI is InChI=1S/C20H20F2N4O3S2/c1-31(28,29)24-15-4-2-13(3-5-15)10-18(27)25-6-8-26(9-7-25)20-23-19-16(22)11-14(21)12-17(19)30-20/h2-5,11-12,24H,6-10H2,1H3. The first-order valence-corrected chi connectivity index (χ1v) is 12.2. The van der Waals surface area contributed by atoms with E-state index in [9.17, 15) is 22.0 Å².